The van der Waals surface area contributed by atoms with Crippen molar-refractivity contribution in [1.82, 2.24) is 5.32 Å². The molecule has 0 saturated carbocycles. The molecule has 1 N–H and O–H groups in total. The van der Waals surface area contributed by atoms with Crippen LogP contribution in [0.3, 0.4) is 0 Å². The number of nitrogens with one attached hydrogen (secondary N) is 1. The van der Waals surface area contributed by atoms with Gasteiger partial charge in [0.2, 0.25) is 5.91 Å². The highest BCUT2D eigenvalue weighted by atomic mass is 35.5. The molecule has 0 unspecified atom stereocenters. The topological polar surface area (TPSA) is 66.5 Å². The van der Waals surface area contributed by atoms with Gasteiger partial charge in [-0.05, 0) is 42.0 Å². The average molecular weight is 517 g/mol. The lowest BCUT2D eigenvalue weighted by Crippen LogP contribution is -2.41. The summed E-state index contributed by atoms with van der Waals surface area (Å²) in [6, 6.07) is 16.0. The third-order valence-electron chi connectivity index (χ3n) is 4.59. The zero-order valence-corrected chi connectivity index (χ0v) is 19.1. The Labute approximate surface area is 198 Å². The average Bonchev–Trinajstić information content (AvgIpc) is 2.77. The summed E-state index contributed by atoms with van der Waals surface area (Å²) in [4.78, 5) is 12.4. The number of benzene rings is 3. The third kappa shape index (κ3) is 5.98. The number of carbonyl (C=O) groups is 1. The summed E-state index contributed by atoms with van der Waals surface area (Å²) in [5.41, 5.74) is -0.989. The molecule has 5 nitrogen and oxygen atoms in total. The van der Waals surface area contributed by atoms with Gasteiger partial charge in [0.1, 0.15) is 6.54 Å². The number of hydrogen-bond acceptors (Lipinski definition) is 3. The molecule has 0 aliphatic carbocycles. The molecule has 0 heterocycles. The summed E-state index contributed by atoms with van der Waals surface area (Å²) in [5, 5.41) is 2.67. The molecule has 11 heteroatoms. The maximum Gasteiger partial charge on any atom is 0.416 e. The zero-order chi connectivity index (χ0) is 24.2. The van der Waals surface area contributed by atoms with Crippen LogP contribution < -0.4 is 9.62 Å². The van der Waals surface area contributed by atoms with Crippen LogP contribution in [0.1, 0.15) is 11.1 Å². The fraction of sp³-hybridized carbons (Fsp3) is 0.136. The van der Waals surface area contributed by atoms with Crippen molar-refractivity contribution in [1.29, 1.82) is 0 Å². The normalized spacial score (nSPS) is 11.8. The van der Waals surface area contributed by atoms with Crippen LogP contribution in [0.2, 0.25) is 10.0 Å². The molecule has 0 spiro atoms. The van der Waals surface area contributed by atoms with Gasteiger partial charge in [0.15, 0.2) is 0 Å². The van der Waals surface area contributed by atoms with Crippen molar-refractivity contribution in [3.8, 4) is 0 Å². The van der Waals surface area contributed by atoms with Gasteiger partial charge in [-0.1, -0.05) is 59.6 Å². The maximum absolute atomic E-state index is 13.3. The fourth-order valence-corrected chi connectivity index (χ4v) is 4.85. The quantitative estimate of drug-likeness (QED) is 0.449. The van der Waals surface area contributed by atoms with Gasteiger partial charge in [-0.3, -0.25) is 9.10 Å². The second-order valence-corrected chi connectivity index (χ2v) is 9.53. The summed E-state index contributed by atoms with van der Waals surface area (Å²) >= 11 is 12.2. The van der Waals surface area contributed by atoms with E-state index in [9.17, 15) is 26.4 Å². The number of nitrogens with zero attached hydrogens (tertiary/aromatic N) is 1. The molecule has 0 atom stereocenters. The van der Waals surface area contributed by atoms with Gasteiger partial charge in [-0.25, -0.2) is 8.42 Å². The van der Waals surface area contributed by atoms with Gasteiger partial charge in [-0.2, -0.15) is 13.2 Å². The minimum Gasteiger partial charge on any atom is -0.350 e. The van der Waals surface area contributed by atoms with Crippen LogP contribution in [0, 0.1) is 0 Å². The van der Waals surface area contributed by atoms with E-state index in [4.69, 9.17) is 23.2 Å². The number of amides is 1. The highest BCUT2D eigenvalue weighted by Gasteiger charge is 2.34. The molecular formula is C22H17Cl2F3N2O3S. The monoisotopic (exact) mass is 516 g/mol. The first kappa shape index (κ1) is 24.9. The Hall–Kier alpha value is -2.75. The zero-order valence-electron chi connectivity index (χ0n) is 16.8. The summed E-state index contributed by atoms with van der Waals surface area (Å²) in [6.45, 7) is -0.809. The largest absolute Gasteiger partial charge is 0.416 e. The predicted molar refractivity (Wildman–Crippen MR) is 121 cm³/mol. The number of rotatable bonds is 7. The first-order chi connectivity index (χ1) is 15.5. The van der Waals surface area contributed by atoms with Crippen LogP contribution in [0.25, 0.3) is 0 Å². The SMILES string of the molecule is O=C(CN(c1cc(C(F)(F)F)ccc1Cl)S(=O)(=O)c1ccccc1)NCc1ccccc1Cl. The Balaban J connectivity index is 1.98. The molecule has 174 valence electrons. The summed E-state index contributed by atoms with van der Waals surface area (Å²) in [7, 11) is -4.43. The smallest absolute Gasteiger partial charge is 0.350 e. The molecule has 0 aromatic heterocycles. The molecule has 0 fully saturated rings. The molecule has 0 aliphatic heterocycles. The number of hydrogen-bond donors (Lipinski definition) is 1. The van der Waals surface area contributed by atoms with Crippen molar-refractivity contribution in [2.24, 2.45) is 0 Å². The van der Waals surface area contributed by atoms with E-state index in [2.05, 4.69) is 5.32 Å². The summed E-state index contributed by atoms with van der Waals surface area (Å²) in [6.07, 6.45) is -4.74. The Morgan fingerprint density at radius 3 is 2.18 bits per heavy atom. The van der Waals surface area contributed by atoms with Crippen molar-refractivity contribution in [2.45, 2.75) is 17.6 Å². The van der Waals surface area contributed by atoms with Crippen molar-refractivity contribution in [2.75, 3.05) is 10.8 Å². The van der Waals surface area contributed by atoms with Crippen LogP contribution in [-0.2, 0) is 27.5 Å². The molecule has 0 radical (unpaired) electrons. The van der Waals surface area contributed by atoms with Gasteiger partial charge in [0, 0.05) is 11.6 Å². The number of carbonyl (C=O) groups excluding carboxylic acids is 1. The Bertz CT molecular complexity index is 1250. The van der Waals surface area contributed by atoms with Crippen molar-refractivity contribution in [3.05, 3.63) is 94.0 Å². The Morgan fingerprint density at radius 1 is 0.909 bits per heavy atom. The van der Waals surface area contributed by atoms with E-state index in [-0.39, 0.29) is 16.5 Å². The Morgan fingerprint density at radius 2 is 1.55 bits per heavy atom. The van der Waals surface area contributed by atoms with Crippen LogP contribution in [0.5, 0.6) is 0 Å². The van der Waals surface area contributed by atoms with Gasteiger partial charge >= 0.3 is 6.18 Å². The lowest BCUT2D eigenvalue weighted by Gasteiger charge is -2.26. The summed E-state index contributed by atoms with van der Waals surface area (Å²) < 4.78 is 67.0. The molecule has 3 aromatic carbocycles. The van der Waals surface area contributed by atoms with E-state index in [0.29, 0.717) is 21.0 Å². The standard InChI is InChI=1S/C22H17Cl2F3N2O3S/c23-18-9-5-4-6-15(18)13-28-21(30)14-29(33(31,32)17-7-2-1-3-8-17)20-12-16(22(25,26)27)10-11-19(20)24/h1-12H,13-14H2,(H,28,30). The number of sulfonamides is 1. The molecule has 3 aromatic rings. The van der Waals surface area contributed by atoms with Gasteiger partial charge in [0.05, 0.1) is 21.2 Å². The van der Waals surface area contributed by atoms with E-state index in [1.54, 1.807) is 30.3 Å². The predicted octanol–water partition coefficient (Wildman–Crippen LogP) is 5.52. The van der Waals surface area contributed by atoms with Crippen LogP contribution in [0.15, 0.2) is 77.7 Å². The minimum absolute atomic E-state index is 0.00590. The number of alkyl halides is 3. The van der Waals surface area contributed by atoms with E-state index in [0.717, 1.165) is 12.1 Å². The van der Waals surface area contributed by atoms with E-state index >= 15 is 0 Å². The number of halogens is 5. The van der Waals surface area contributed by atoms with Crippen molar-refractivity contribution in [3.63, 3.8) is 0 Å². The summed E-state index contributed by atoms with van der Waals surface area (Å²) in [5.74, 6) is -0.761. The van der Waals surface area contributed by atoms with Crippen LogP contribution in [-0.4, -0.2) is 20.9 Å². The maximum atomic E-state index is 13.3. The lowest BCUT2D eigenvalue weighted by atomic mass is 10.2. The first-order valence-electron chi connectivity index (χ1n) is 9.45. The van der Waals surface area contributed by atoms with Crippen LogP contribution >= 0.6 is 23.2 Å². The van der Waals surface area contributed by atoms with Gasteiger partial charge in [-0.15, -0.1) is 0 Å². The Kier molecular flexibility index (Phi) is 7.56. The molecule has 33 heavy (non-hydrogen) atoms. The second-order valence-electron chi connectivity index (χ2n) is 6.86. The fourth-order valence-electron chi connectivity index (χ4n) is 2.92. The lowest BCUT2D eigenvalue weighted by molar-refractivity contribution is -0.137. The van der Waals surface area contributed by atoms with E-state index < -0.39 is 39.9 Å². The van der Waals surface area contributed by atoms with Crippen molar-refractivity contribution >= 4 is 44.8 Å². The molecule has 0 saturated heterocycles. The molecule has 0 bridgehead atoms. The van der Waals surface area contributed by atoms with Gasteiger partial charge < -0.3 is 5.32 Å². The molecule has 1 amide bonds. The first-order valence-corrected chi connectivity index (χ1v) is 11.6. The van der Waals surface area contributed by atoms with Crippen molar-refractivity contribution < 1.29 is 26.4 Å². The third-order valence-corrected chi connectivity index (χ3v) is 7.06. The molecule has 0 aliphatic rings. The van der Waals surface area contributed by atoms with E-state index in [1.807, 2.05) is 0 Å². The molecule has 3 rings (SSSR count). The highest BCUT2D eigenvalue weighted by molar-refractivity contribution is 7.92. The molecular weight excluding hydrogens is 500 g/mol. The highest BCUT2D eigenvalue weighted by Crippen LogP contribution is 2.37. The second kappa shape index (κ2) is 10.0. The number of anilines is 1. The minimum atomic E-state index is -4.74. The van der Waals surface area contributed by atoms with Crippen LogP contribution in [0.4, 0.5) is 18.9 Å². The van der Waals surface area contributed by atoms with Gasteiger partial charge in [0.25, 0.3) is 10.0 Å². The van der Waals surface area contributed by atoms with E-state index in [1.165, 1.54) is 24.3 Å².